The monoisotopic (exact) mass is 316 g/mol. The van der Waals surface area contributed by atoms with Gasteiger partial charge >= 0.3 is 5.97 Å². The topological polar surface area (TPSA) is 86.1 Å². The number of nitriles is 1. The van der Waals surface area contributed by atoms with Crippen molar-refractivity contribution in [3.8, 4) is 6.07 Å². The summed E-state index contributed by atoms with van der Waals surface area (Å²) in [6, 6.07) is 4.80. The molecule has 23 heavy (non-hydrogen) atoms. The molecule has 120 valence electrons. The molecule has 0 saturated heterocycles. The van der Waals surface area contributed by atoms with E-state index in [1.54, 1.807) is 0 Å². The van der Waals surface area contributed by atoms with Crippen LogP contribution in [0.5, 0.6) is 0 Å². The third kappa shape index (κ3) is 2.37. The predicted octanol–water partition coefficient (Wildman–Crippen LogP) is 3.22. The van der Waals surface area contributed by atoms with Gasteiger partial charge in [-0.1, -0.05) is 13.3 Å². The van der Waals surface area contributed by atoms with E-state index in [0.717, 1.165) is 12.0 Å². The molecule has 0 amide bonds. The lowest BCUT2D eigenvalue weighted by atomic mass is 9.84. The molecule has 0 bridgehead atoms. The fraction of sp³-hybridized carbons (Fsp3) is 0.412. The molecule has 2 aromatic rings. The fourth-order valence-corrected chi connectivity index (χ4v) is 3.56. The summed E-state index contributed by atoms with van der Waals surface area (Å²) in [6.45, 7) is 2.31. The maximum absolute atomic E-state index is 14.2. The van der Waals surface area contributed by atoms with Crippen molar-refractivity contribution >= 4 is 16.9 Å². The molecule has 5 nitrogen and oxygen atoms in total. The molecule has 1 atom stereocenters. The lowest BCUT2D eigenvalue weighted by molar-refractivity contribution is -0.149. The Labute approximate surface area is 132 Å². The van der Waals surface area contributed by atoms with Crippen LogP contribution in [0.4, 0.5) is 4.39 Å². The first-order valence-corrected chi connectivity index (χ1v) is 7.62. The van der Waals surface area contributed by atoms with Crippen molar-refractivity contribution in [2.24, 2.45) is 0 Å². The molecular weight excluding hydrogens is 299 g/mol. The Bertz CT molecular complexity index is 821. The summed E-state index contributed by atoms with van der Waals surface area (Å²) in [5, 5.41) is 19.2. The lowest BCUT2D eigenvalue weighted by Gasteiger charge is -2.36. The van der Waals surface area contributed by atoms with Gasteiger partial charge in [0.25, 0.3) is 0 Å². The Morgan fingerprint density at radius 3 is 3.00 bits per heavy atom. The normalized spacial score (nSPS) is 20.2. The van der Waals surface area contributed by atoms with Gasteiger partial charge in [0.1, 0.15) is 11.4 Å². The first-order chi connectivity index (χ1) is 11.0. The summed E-state index contributed by atoms with van der Waals surface area (Å²) in [4.78, 5) is 14.4. The summed E-state index contributed by atoms with van der Waals surface area (Å²) >= 11 is 0. The van der Waals surface area contributed by atoms with Crippen molar-refractivity contribution in [2.45, 2.75) is 38.2 Å². The molecule has 0 spiro atoms. The second-order valence-corrected chi connectivity index (χ2v) is 5.85. The van der Waals surface area contributed by atoms with E-state index in [4.69, 9.17) is 4.74 Å². The summed E-state index contributed by atoms with van der Waals surface area (Å²) < 4.78 is 20.1. The van der Waals surface area contributed by atoms with E-state index in [0.29, 0.717) is 36.1 Å². The lowest BCUT2D eigenvalue weighted by Crippen LogP contribution is -2.37. The fourth-order valence-electron chi connectivity index (χ4n) is 3.56. The van der Waals surface area contributed by atoms with E-state index in [9.17, 15) is 19.6 Å². The molecule has 0 aliphatic carbocycles. The number of carboxylic acid groups (broad SMARTS) is 1. The van der Waals surface area contributed by atoms with Crippen LogP contribution in [0.15, 0.2) is 12.1 Å². The maximum atomic E-state index is 14.2. The zero-order chi connectivity index (χ0) is 16.6. The van der Waals surface area contributed by atoms with Gasteiger partial charge in [-0.2, -0.15) is 5.26 Å². The van der Waals surface area contributed by atoms with Gasteiger partial charge in [-0.05, 0) is 30.5 Å². The predicted molar refractivity (Wildman–Crippen MR) is 81.5 cm³/mol. The second kappa shape index (κ2) is 5.67. The van der Waals surface area contributed by atoms with E-state index >= 15 is 0 Å². The highest BCUT2D eigenvalue weighted by Gasteiger charge is 2.42. The van der Waals surface area contributed by atoms with Gasteiger partial charge in [0.15, 0.2) is 0 Å². The Morgan fingerprint density at radius 2 is 2.35 bits per heavy atom. The zero-order valence-corrected chi connectivity index (χ0v) is 12.8. The Balaban J connectivity index is 2.30. The van der Waals surface area contributed by atoms with Gasteiger partial charge in [0.05, 0.1) is 35.9 Å². The van der Waals surface area contributed by atoms with Gasteiger partial charge in [-0.3, -0.25) is 4.79 Å². The Hall–Kier alpha value is -2.39. The number of benzene rings is 1. The average Bonchev–Trinajstić information content (AvgIpc) is 2.90. The highest BCUT2D eigenvalue weighted by molar-refractivity contribution is 5.91. The first-order valence-electron chi connectivity index (χ1n) is 7.62. The van der Waals surface area contributed by atoms with Gasteiger partial charge < -0.3 is 14.8 Å². The van der Waals surface area contributed by atoms with Gasteiger partial charge in [-0.15, -0.1) is 0 Å². The van der Waals surface area contributed by atoms with Crippen molar-refractivity contribution in [3.05, 3.63) is 34.8 Å². The molecule has 0 fully saturated rings. The highest BCUT2D eigenvalue weighted by atomic mass is 19.1. The summed E-state index contributed by atoms with van der Waals surface area (Å²) in [6.07, 6.45) is 1.58. The van der Waals surface area contributed by atoms with E-state index in [1.807, 2.05) is 6.92 Å². The number of carboxylic acids is 1. The number of aliphatic carboxylic acids is 1. The van der Waals surface area contributed by atoms with E-state index in [1.165, 1.54) is 12.1 Å². The van der Waals surface area contributed by atoms with Crippen LogP contribution in [0.25, 0.3) is 10.9 Å². The minimum atomic E-state index is -0.994. The number of H-pyrrole nitrogens is 1. The number of nitrogens with one attached hydrogen (secondary N) is 1. The molecule has 6 heteroatoms. The van der Waals surface area contributed by atoms with Gasteiger partial charge in [0.2, 0.25) is 0 Å². The Morgan fingerprint density at radius 1 is 1.57 bits per heavy atom. The van der Waals surface area contributed by atoms with E-state index < -0.39 is 17.4 Å². The molecule has 2 heterocycles. The summed E-state index contributed by atoms with van der Waals surface area (Å²) in [5.74, 6) is -1.42. The number of hydrogen-bond donors (Lipinski definition) is 2. The minimum Gasteiger partial charge on any atom is -0.481 e. The van der Waals surface area contributed by atoms with Crippen LogP contribution in [0.3, 0.4) is 0 Å². The molecule has 3 rings (SSSR count). The van der Waals surface area contributed by atoms with Crippen molar-refractivity contribution in [3.63, 3.8) is 0 Å². The average molecular weight is 316 g/mol. The largest absolute Gasteiger partial charge is 0.481 e. The third-order valence-corrected chi connectivity index (χ3v) is 4.41. The van der Waals surface area contributed by atoms with Crippen molar-refractivity contribution in [1.29, 1.82) is 5.26 Å². The van der Waals surface area contributed by atoms with Crippen LogP contribution < -0.4 is 0 Å². The quantitative estimate of drug-likeness (QED) is 0.906. The number of hydrogen-bond acceptors (Lipinski definition) is 3. The molecule has 2 N–H and O–H groups in total. The van der Waals surface area contributed by atoms with Crippen LogP contribution in [0.2, 0.25) is 0 Å². The number of halogens is 1. The summed E-state index contributed by atoms with van der Waals surface area (Å²) in [7, 11) is 0. The standard InChI is InChI=1S/C17H17FN2O3/c1-2-6-17(8-13(21)22)16-11(5-7-23-17)14-10(9-19)3-4-12(18)15(14)20-16/h3-4,20H,2,5-8H2,1H3,(H,21,22)/t17-/m0/s1. The highest BCUT2D eigenvalue weighted by Crippen LogP contribution is 2.43. The number of rotatable bonds is 4. The van der Waals surface area contributed by atoms with Crippen molar-refractivity contribution in [2.75, 3.05) is 6.61 Å². The Kier molecular flexibility index (Phi) is 3.82. The molecule has 1 aromatic carbocycles. The first kappa shape index (κ1) is 15.5. The molecule has 1 aliphatic heterocycles. The number of fused-ring (bicyclic) bond motifs is 3. The summed E-state index contributed by atoms with van der Waals surface area (Å²) in [5.41, 5.74) is 1.06. The smallest absolute Gasteiger partial charge is 0.306 e. The molecular formula is C17H17FN2O3. The number of ether oxygens (including phenoxy) is 1. The molecule has 1 aliphatic rings. The number of carbonyl (C=O) groups is 1. The van der Waals surface area contributed by atoms with Crippen molar-refractivity contribution < 1.29 is 19.0 Å². The van der Waals surface area contributed by atoms with Crippen molar-refractivity contribution in [1.82, 2.24) is 4.98 Å². The molecule has 0 unspecified atom stereocenters. The van der Waals surface area contributed by atoms with Crippen LogP contribution in [-0.2, 0) is 21.6 Å². The molecule has 1 aromatic heterocycles. The maximum Gasteiger partial charge on any atom is 0.306 e. The second-order valence-electron chi connectivity index (χ2n) is 5.85. The molecule has 0 saturated carbocycles. The minimum absolute atomic E-state index is 0.190. The van der Waals surface area contributed by atoms with Crippen LogP contribution >= 0.6 is 0 Å². The van der Waals surface area contributed by atoms with Crippen LogP contribution in [0.1, 0.15) is 43.0 Å². The van der Waals surface area contributed by atoms with E-state index in [-0.39, 0.29) is 11.9 Å². The number of nitrogens with zero attached hydrogens (tertiary/aromatic N) is 1. The SMILES string of the molecule is CCC[C@@]1(CC(=O)O)OCCc2c1[nH]c1c(F)ccc(C#N)c21. The van der Waals surface area contributed by atoms with Crippen LogP contribution in [-0.4, -0.2) is 22.7 Å². The molecule has 0 radical (unpaired) electrons. The number of aromatic nitrogens is 1. The third-order valence-electron chi connectivity index (χ3n) is 4.41. The van der Waals surface area contributed by atoms with E-state index in [2.05, 4.69) is 11.1 Å². The zero-order valence-electron chi connectivity index (χ0n) is 12.8. The van der Waals surface area contributed by atoms with Gasteiger partial charge in [-0.25, -0.2) is 4.39 Å². The van der Waals surface area contributed by atoms with Gasteiger partial charge in [0, 0.05) is 5.39 Å². The number of aromatic amines is 1. The van der Waals surface area contributed by atoms with Crippen LogP contribution in [0, 0.1) is 17.1 Å².